The van der Waals surface area contributed by atoms with Crippen LogP contribution in [0.3, 0.4) is 0 Å². The second-order valence-electron chi connectivity index (χ2n) is 10.5. The molecular formula is C21H25FN10O12P2. The number of fused-ring (bicyclic) bond motifs is 4. The summed E-state index contributed by atoms with van der Waals surface area (Å²) in [5.41, 5.74) is 10.8. The van der Waals surface area contributed by atoms with E-state index in [2.05, 4.69) is 29.9 Å². The van der Waals surface area contributed by atoms with Gasteiger partial charge in [-0.15, -0.1) is 0 Å². The number of hydrogen-bond donors (Lipinski definition) is 6. The molecule has 8 N–H and O–H groups in total. The minimum absolute atomic E-state index is 0.00356. The van der Waals surface area contributed by atoms with Crippen molar-refractivity contribution in [2.24, 2.45) is 0 Å². The summed E-state index contributed by atoms with van der Waals surface area (Å²) in [6, 6.07) is 0. The van der Waals surface area contributed by atoms with Gasteiger partial charge in [0.15, 0.2) is 41.3 Å². The fraction of sp³-hybridized carbons (Fsp3) is 0.524. The highest BCUT2D eigenvalue weighted by molar-refractivity contribution is 7.52. The van der Waals surface area contributed by atoms with Crippen LogP contribution in [0.25, 0.3) is 22.3 Å². The van der Waals surface area contributed by atoms with Crippen molar-refractivity contribution < 1.29 is 56.2 Å². The van der Waals surface area contributed by atoms with Gasteiger partial charge in [0.1, 0.15) is 48.7 Å². The van der Waals surface area contributed by atoms with E-state index in [0.717, 1.165) is 28.1 Å². The maximum absolute atomic E-state index is 15.9. The van der Waals surface area contributed by atoms with E-state index in [1.165, 1.54) is 0 Å². The summed E-state index contributed by atoms with van der Waals surface area (Å²) < 4.78 is 76.8. The first-order chi connectivity index (χ1) is 21.8. The maximum atomic E-state index is 15.9. The van der Waals surface area contributed by atoms with E-state index in [9.17, 15) is 28.8 Å². The number of aromatic nitrogens is 8. The third kappa shape index (κ3) is 5.48. The van der Waals surface area contributed by atoms with Crippen LogP contribution in [0.2, 0.25) is 0 Å². The standard InChI is InChI=1S/C21H25FN10O12P2/c22-9-13-7(42-19(9)31-4-27-10-15(23)25-3-26-16(10)31)1-40-45(35,36)6-39-14-8(2-41-46(37,38)44-13)43-20(12(14)33)32-5-28-11-17(32)29-21(24)30-18(11)34/h3-5,7-9,12-14,19-20,33H,1-2,6H2,(H,35,36)(H,37,38)(H2,23,25,26)(H3,24,29,30,34)/t7-,8-,9?,12?,13?,14?,19-,20-/m1/s1. The minimum atomic E-state index is -5.14. The second-order valence-corrected chi connectivity index (χ2v) is 13.6. The van der Waals surface area contributed by atoms with Crippen LogP contribution in [0, 0.1) is 0 Å². The lowest BCUT2D eigenvalue weighted by molar-refractivity contribution is -0.0586. The van der Waals surface area contributed by atoms with Gasteiger partial charge in [0.2, 0.25) is 5.95 Å². The average Bonchev–Trinajstić information content (AvgIpc) is 3.75. The Morgan fingerprint density at radius 3 is 2.39 bits per heavy atom. The Morgan fingerprint density at radius 2 is 1.61 bits per heavy atom. The number of nitrogen functional groups attached to an aromatic ring is 2. The van der Waals surface area contributed by atoms with Gasteiger partial charge in [-0.05, 0) is 0 Å². The van der Waals surface area contributed by atoms with Crippen molar-refractivity contribution in [3.8, 4) is 0 Å². The summed E-state index contributed by atoms with van der Waals surface area (Å²) >= 11 is 0. The summed E-state index contributed by atoms with van der Waals surface area (Å²) in [7, 11) is -9.80. The summed E-state index contributed by atoms with van der Waals surface area (Å²) in [6.07, 6.45) is -10.6. The van der Waals surface area contributed by atoms with E-state index in [1.807, 2.05) is 0 Å². The second kappa shape index (κ2) is 11.3. The van der Waals surface area contributed by atoms with Crippen LogP contribution in [0.15, 0.2) is 23.8 Å². The van der Waals surface area contributed by atoms with E-state index in [1.54, 1.807) is 0 Å². The molecule has 3 fully saturated rings. The van der Waals surface area contributed by atoms with Crippen LogP contribution in [0.5, 0.6) is 0 Å². The lowest BCUT2D eigenvalue weighted by Crippen LogP contribution is -2.37. The first-order valence-electron chi connectivity index (χ1n) is 13.3. The molecule has 22 nitrogen and oxygen atoms in total. The molecule has 3 aliphatic rings. The quantitative estimate of drug-likeness (QED) is 0.133. The monoisotopic (exact) mass is 690 g/mol. The predicted octanol–water partition coefficient (Wildman–Crippen LogP) is -1.32. The number of nitrogens with one attached hydrogen (secondary N) is 1. The lowest BCUT2D eigenvalue weighted by Gasteiger charge is -2.23. The smallest absolute Gasteiger partial charge is 0.386 e. The van der Waals surface area contributed by atoms with Gasteiger partial charge in [-0.3, -0.25) is 32.5 Å². The normalized spacial score (nSPS) is 37.4. The summed E-state index contributed by atoms with van der Waals surface area (Å²) in [6.45, 7) is -1.60. The Balaban J connectivity index is 1.16. The number of aromatic amines is 1. The molecule has 0 aromatic carbocycles. The molecule has 3 saturated heterocycles. The molecule has 0 spiro atoms. The van der Waals surface area contributed by atoms with Gasteiger partial charge in [0.05, 0.1) is 25.9 Å². The van der Waals surface area contributed by atoms with E-state index >= 15 is 4.39 Å². The van der Waals surface area contributed by atoms with Crippen LogP contribution < -0.4 is 17.0 Å². The molecule has 4 aromatic rings. The Hall–Kier alpha value is -3.47. The number of aliphatic hydroxyl groups is 1. The van der Waals surface area contributed by atoms with Gasteiger partial charge in [-0.1, -0.05) is 0 Å². The van der Waals surface area contributed by atoms with Gasteiger partial charge in [0, 0.05) is 0 Å². The zero-order chi connectivity index (χ0) is 32.5. The number of imidazole rings is 2. The first-order valence-corrected chi connectivity index (χ1v) is 16.6. The Kier molecular flexibility index (Phi) is 7.68. The van der Waals surface area contributed by atoms with Crippen LogP contribution in [0.1, 0.15) is 12.5 Å². The Morgan fingerprint density at radius 1 is 0.935 bits per heavy atom. The molecule has 4 aromatic heterocycles. The molecule has 3 aliphatic heterocycles. The van der Waals surface area contributed by atoms with Gasteiger partial charge in [0.25, 0.3) is 5.56 Å². The molecule has 7 rings (SSSR count). The average molecular weight is 690 g/mol. The number of aliphatic hydroxyl groups excluding tert-OH is 1. The number of nitrogens with zero attached hydrogens (tertiary/aromatic N) is 7. The topological polar surface area (TPSA) is 309 Å². The van der Waals surface area contributed by atoms with E-state index in [-0.39, 0.29) is 34.1 Å². The molecule has 0 saturated carbocycles. The van der Waals surface area contributed by atoms with Gasteiger partial charge in [-0.2, -0.15) is 4.98 Å². The number of anilines is 2. The molecule has 0 bridgehead atoms. The molecule has 0 radical (unpaired) electrons. The fourth-order valence-corrected chi connectivity index (χ4v) is 7.18. The molecule has 7 heterocycles. The molecule has 10 atom stereocenters. The summed E-state index contributed by atoms with van der Waals surface area (Å²) in [5.74, 6) is -0.254. The molecular weight excluding hydrogens is 665 g/mol. The third-order valence-electron chi connectivity index (χ3n) is 7.49. The fourth-order valence-electron chi connectivity index (χ4n) is 5.41. The number of hydrogen-bond acceptors (Lipinski definition) is 17. The van der Waals surface area contributed by atoms with Gasteiger partial charge < -0.3 is 45.1 Å². The highest BCUT2D eigenvalue weighted by Gasteiger charge is 2.53. The molecule has 0 amide bonds. The summed E-state index contributed by atoms with van der Waals surface area (Å²) in [5, 5.41) is 11.1. The lowest BCUT2D eigenvalue weighted by atomic mass is 10.1. The summed E-state index contributed by atoms with van der Waals surface area (Å²) in [4.78, 5) is 55.5. The van der Waals surface area contributed by atoms with E-state index < -0.39 is 89.7 Å². The number of ether oxygens (including phenoxy) is 3. The van der Waals surface area contributed by atoms with Crippen molar-refractivity contribution >= 4 is 49.5 Å². The number of halogens is 1. The van der Waals surface area contributed by atoms with Crippen LogP contribution in [-0.2, 0) is 36.9 Å². The van der Waals surface area contributed by atoms with Crippen LogP contribution >= 0.6 is 15.4 Å². The van der Waals surface area contributed by atoms with Crippen molar-refractivity contribution in [2.75, 3.05) is 31.0 Å². The number of phosphoric ester groups is 1. The zero-order valence-electron chi connectivity index (χ0n) is 23.0. The van der Waals surface area contributed by atoms with Crippen molar-refractivity contribution in [3.63, 3.8) is 0 Å². The van der Waals surface area contributed by atoms with Crippen molar-refractivity contribution in [2.45, 2.75) is 49.1 Å². The van der Waals surface area contributed by atoms with Crippen LogP contribution in [0.4, 0.5) is 16.2 Å². The number of rotatable bonds is 2. The largest absolute Gasteiger partial charge is 0.472 e. The zero-order valence-corrected chi connectivity index (χ0v) is 24.8. The molecule has 6 unspecified atom stereocenters. The number of nitrogens with two attached hydrogens (primary N) is 2. The molecule has 0 aliphatic carbocycles. The molecule has 25 heteroatoms. The highest BCUT2D eigenvalue weighted by Crippen LogP contribution is 2.52. The van der Waals surface area contributed by atoms with Crippen LogP contribution in [-0.4, -0.2) is 110 Å². The maximum Gasteiger partial charge on any atom is 0.472 e. The van der Waals surface area contributed by atoms with Crippen molar-refractivity contribution in [3.05, 3.63) is 29.3 Å². The SMILES string of the molecule is Nc1nc2c(ncn2[C@@H]2O[C@@H]3COP(=O)(O)OC4C(F)[C@H](n5cnc6c(N)ncnc65)O[C@@H]4COP(=O)(O)COC3C2O)c(=O)[nH]1. The number of alkyl halides is 1. The molecule has 46 heavy (non-hydrogen) atoms. The van der Waals surface area contributed by atoms with Crippen molar-refractivity contribution in [1.29, 1.82) is 0 Å². The number of phosphoric acid groups is 1. The van der Waals surface area contributed by atoms with Gasteiger partial charge in [-0.25, -0.2) is 28.9 Å². The Bertz CT molecular complexity index is 1960. The first kappa shape index (κ1) is 31.1. The van der Waals surface area contributed by atoms with Crippen molar-refractivity contribution in [1.82, 2.24) is 39.0 Å². The third-order valence-corrected chi connectivity index (χ3v) is 9.50. The van der Waals surface area contributed by atoms with E-state index in [4.69, 9.17) is 39.2 Å². The minimum Gasteiger partial charge on any atom is -0.386 e. The van der Waals surface area contributed by atoms with Gasteiger partial charge >= 0.3 is 15.4 Å². The van der Waals surface area contributed by atoms with E-state index in [0.29, 0.717) is 0 Å². The Labute approximate surface area is 254 Å². The molecule has 248 valence electrons. The predicted molar refractivity (Wildman–Crippen MR) is 147 cm³/mol. The highest BCUT2D eigenvalue weighted by atomic mass is 31.2. The number of H-pyrrole nitrogens is 1.